The summed E-state index contributed by atoms with van der Waals surface area (Å²) in [5.41, 5.74) is 5.32. The molecule has 308 valence electrons. The van der Waals surface area contributed by atoms with Gasteiger partial charge in [0.15, 0.2) is 6.10 Å². The molecule has 11 nitrogen and oxygen atoms in total. The Kier molecular flexibility index (Phi) is 35.1. The molecule has 0 rings (SSSR count). The van der Waals surface area contributed by atoms with Gasteiger partial charge < -0.3 is 25.2 Å². The van der Waals surface area contributed by atoms with E-state index >= 15 is 0 Å². The molecule has 0 spiro atoms. The minimum atomic E-state index is -4.71. The summed E-state index contributed by atoms with van der Waals surface area (Å²) >= 11 is 0. The number of phosphoric ester groups is 1. The molecule has 0 aromatic heterocycles. The molecular weight excluding hydrogens is 697 g/mol. The molecular formula is C41H74NO10P. The second-order valence-electron chi connectivity index (χ2n) is 13.8. The molecule has 3 unspecified atom stereocenters. The minimum Gasteiger partial charge on any atom is -0.480 e. The van der Waals surface area contributed by atoms with Crippen molar-refractivity contribution in [2.24, 2.45) is 5.73 Å². The molecule has 3 atom stereocenters. The van der Waals surface area contributed by atoms with E-state index in [-0.39, 0.29) is 19.4 Å². The number of rotatable bonds is 38. The highest BCUT2D eigenvalue weighted by Gasteiger charge is 2.28. The monoisotopic (exact) mass is 772 g/mol. The van der Waals surface area contributed by atoms with Gasteiger partial charge in [-0.25, -0.2) is 4.57 Å². The summed E-state index contributed by atoms with van der Waals surface area (Å²) in [6.45, 7) is 2.74. The molecule has 12 heteroatoms. The molecule has 0 aromatic rings. The van der Waals surface area contributed by atoms with Gasteiger partial charge in [0.25, 0.3) is 0 Å². The molecule has 0 heterocycles. The lowest BCUT2D eigenvalue weighted by Crippen LogP contribution is -2.34. The van der Waals surface area contributed by atoms with Gasteiger partial charge in [0.05, 0.1) is 13.2 Å². The minimum absolute atomic E-state index is 0.148. The Balaban J connectivity index is 4.39. The van der Waals surface area contributed by atoms with Crippen LogP contribution in [-0.4, -0.2) is 59.9 Å². The van der Waals surface area contributed by atoms with Crippen molar-refractivity contribution in [1.29, 1.82) is 0 Å². The maximum atomic E-state index is 12.6. The molecule has 0 saturated carbocycles. The fourth-order valence-electron chi connectivity index (χ4n) is 5.36. The first kappa shape index (κ1) is 50.7. The molecule has 53 heavy (non-hydrogen) atoms. The Labute approximate surface area is 321 Å². The summed E-state index contributed by atoms with van der Waals surface area (Å²) in [6, 6.07) is -1.52. The van der Waals surface area contributed by atoms with Crippen molar-refractivity contribution < 1.29 is 47.5 Å². The molecule has 0 saturated heterocycles. The number of esters is 2. The quantitative estimate of drug-likeness (QED) is 0.0236. The summed E-state index contributed by atoms with van der Waals surface area (Å²) in [5, 5.41) is 8.87. The molecule has 0 radical (unpaired) electrons. The van der Waals surface area contributed by atoms with Crippen molar-refractivity contribution in [2.45, 2.75) is 187 Å². The number of unbranched alkanes of at least 4 members (excludes halogenated alkanes) is 18. The van der Waals surface area contributed by atoms with Gasteiger partial charge in [-0.15, -0.1) is 0 Å². The van der Waals surface area contributed by atoms with Crippen LogP contribution in [0.2, 0.25) is 0 Å². The first-order valence-corrected chi connectivity index (χ1v) is 22.0. The summed E-state index contributed by atoms with van der Waals surface area (Å²) in [5.74, 6) is -2.40. The van der Waals surface area contributed by atoms with Gasteiger partial charge in [-0.3, -0.25) is 23.4 Å². The summed E-state index contributed by atoms with van der Waals surface area (Å²) < 4.78 is 32.6. The van der Waals surface area contributed by atoms with Crippen molar-refractivity contribution in [1.82, 2.24) is 0 Å². The molecule has 0 aliphatic heterocycles. The molecule has 0 bridgehead atoms. The maximum absolute atomic E-state index is 12.6. The molecule has 0 aliphatic rings. The fourth-order valence-corrected chi connectivity index (χ4v) is 6.14. The van der Waals surface area contributed by atoms with E-state index in [0.29, 0.717) is 12.8 Å². The third-order valence-electron chi connectivity index (χ3n) is 8.64. The largest absolute Gasteiger partial charge is 0.480 e. The van der Waals surface area contributed by atoms with Crippen LogP contribution in [0.15, 0.2) is 36.5 Å². The topological polar surface area (TPSA) is 172 Å². The van der Waals surface area contributed by atoms with E-state index in [1.165, 1.54) is 64.2 Å². The summed E-state index contributed by atoms with van der Waals surface area (Å²) in [4.78, 5) is 45.8. The lowest BCUT2D eigenvalue weighted by Gasteiger charge is -2.20. The number of phosphoric acid groups is 1. The van der Waals surface area contributed by atoms with Crippen LogP contribution in [0.5, 0.6) is 0 Å². The normalized spacial score (nSPS) is 14.2. The van der Waals surface area contributed by atoms with Gasteiger partial charge >= 0.3 is 25.7 Å². The van der Waals surface area contributed by atoms with Crippen LogP contribution in [0, 0.1) is 0 Å². The van der Waals surface area contributed by atoms with Crippen molar-refractivity contribution in [3.05, 3.63) is 36.5 Å². The summed E-state index contributed by atoms with van der Waals surface area (Å²) in [7, 11) is -4.71. The van der Waals surface area contributed by atoms with Crippen molar-refractivity contribution in [2.75, 3.05) is 19.8 Å². The van der Waals surface area contributed by atoms with Crippen LogP contribution in [-0.2, 0) is 37.5 Å². The van der Waals surface area contributed by atoms with Gasteiger partial charge in [0.1, 0.15) is 12.6 Å². The third kappa shape index (κ3) is 36.4. The predicted octanol–water partition coefficient (Wildman–Crippen LogP) is 10.4. The highest BCUT2D eigenvalue weighted by Crippen LogP contribution is 2.43. The van der Waals surface area contributed by atoms with Crippen LogP contribution >= 0.6 is 7.82 Å². The Morgan fingerprint density at radius 3 is 1.53 bits per heavy atom. The van der Waals surface area contributed by atoms with Gasteiger partial charge in [0.2, 0.25) is 0 Å². The number of hydrogen-bond acceptors (Lipinski definition) is 9. The average molecular weight is 772 g/mol. The Hall–Kier alpha value is -2.30. The summed E-state index contributed by atoms with van der Waals surface area (Å²) in [6.07, 6.45) is 37.8. The first-order valence-electron chi connectivity index (χ1n) is 20.5. The second kappa shape index (κ2) is 36.7. The number of aliphatic carboxylic acids is 1. The van der Waals surface area contributed by atoms with Crippen LogP contribution < -0.4 is 5.73 Å². The highest BCUT2D eigenvalue weighted by molar-refractivity contribution is 7.47. The predicted molar refractivity (Wildman–Crippen MR) is 212 cm³/mol. The Morgan fingerprint density at radius 2 is 1.00 bits per heavy atom. The van der Waals surface area contributed by atoms with Crippen LogP contribution in [0.3, 0.4) is 0 Å². The van der Waals surface area contributed by atoms with Crippen molar-refractivity contribution in [3.8, 4) is 0 Å². The highest BCUT2D eigenvalue weighted by atomic mass is 31.2. The second-order valence-corrected chi connectivity index (χ2v) is 15.2. The van der Waals surface area contributed by atoms with Crippen molar-refractivity contribution >= 4 is 25.7 Å². The number of nitrogens with two attached hydrogens (primary N) is 1. The zero-order chi connectivity index (χ0) is 39.3. The Morgan fingerprint density at radius 1 is 0.585 bits per heavy atom. The zero-order valence-corrected chi connectivity index (χ0v) is 34.0. The van der Waals surface area contributed by atoms with E-state index in [9.17, 15) is 23.8 Å². The number of carboxylic acid groups (broad SMARTS) is 1. The molecule has 0 aromatic carbocycles. The molecule has 0 amide bonds. The lowest BCUT2D eigenvalue weighted by molar-refractivity contribution is -0.161. The average Bonchev–Trinajstić information content (AvgIpc) is 3.13. The molecule has 0 fully saturated rings. The number of ether oxygens (including phenoxy) is 2. The SMILES string of the molecule is CCCCC/C=C\C/C=C\C/C=C\CCCCCCCCC(=O)OC(COC(=O)CCCCCCCCCCCC)COP(=O)(O)OCC(N)C(=O)O. The van der Waals surface area contributed by atoms with Crippen LogP contribution in [0.4, 0.5) is 0 Å². The lowest BCUT2D eigenvalue weighted by atomic mass is 10.1. The first-order chi connectivity index (χ1) is 25.6. The van der Waals surface area contributed by atoms with Crippen LogP contribution in [0.25, 0.3) is 0 Å². The van der Waals surface area contributed by atoms with Gasteiger partial charge in [-0.2, -0.15) is 0 Å². The van der Waals surface area contributed by atoms with E-state index in [1.54, 1.807) is 0 Å². The van der Waals surface area contributed by atoms with E-state index in [2.05, 4.69) is 54.8 Å². The van der Waals surface area contributed by atoms with E-state index in [4.69, 9.17) is 24.8 Å². The van der Waals surface area contributed by atoms with E-state index in [1.807, 2.05) is 0 Å². The molecule has 4 N–H and O–H groups in total. The van der Waals surface area contributed by atoms with E-state index < -0.39 is 51.1 Å². The fraction of sp³-hybridized carbons (Fsp3) is 0.780. The smallest absolute Gasteiger partial charge is 0.472 e. The van der Waals surface area contributed by atoms with Crippen LogP contribution in [0.1, 0.15) is 174 Å². The number of carbonyl (C=O) groups excluding carboxylic acids is 2. The van der Waals surface area contributed by atoms with Gasteiger partial charge in [-0.05, 0) is 51.4 Å². The van der Waals surface area contributed by atoms with Crippen molar-refractivity contribution in [3.63, 3.8) is 0 Å². The number of carboxylic acids is 1. The Bertz CT molecular complexity index is 1050. The van der Waals surface area contributed by atoms with E-state index in [0.717, 1.165) is 70.6 Å². The number of hydrogen-bond donors (Lipinski definition) is 3. The molecule has 0 aliphatic carbocycles. The zero-order valence-electron chi connectivity index (χ0n) is 33.1. The number of carbonyl (C=O) groups is 3. The number of allylic oxidation sites excluding steroid dienone is 6. The third-order valence-corrected chi connectivity index (χ3v) is 9.59. The maximum Gasteiger partial charge on any atom is 0.472 e. The van der Waals surface area contributed by atoms with Gasteiger partial charge in [0, 0.05) is 12.8 Å². The van der Waals surface area contributed by atoms with Gasteiger partial charge in [-0.1, -0.05) is 147 Å². The standard InChI is InChI=1S/C41H74NO10P/c1-3-5-7-9-11-13-15-16-17-18-19-20-21-22-23-25-27-29-31-33-40(44)52-37(35-50-53(47,48)51-36-38(42)41(45)46)34-49-39(43)32-30-28-26-24-14-12-10-8-6-4-2/h11,13,16-17,19-20,37-38H,3-10,12,14-15,18,21-36,42H2,1-2H3,(H,45,46)(H,47,48)/b13-11-,17-16-,20-19-.